The molecular formula is C22H28N8O2. The third-order valence-electron chi connectivity index (χ3n) is 6.05. The smallest absolute Gasteiger partial charge is 0.248 e. The van der Waals surface area contributed by atoms with Gasteiger partial charge in [0.25, 0.3) is 0 Å². The van der Waals surface area contributed by atoms with E-state index in [9.17, 15) is 9.59 Å². The van der Waals surface area contributed by atoms with Gasteiger partial charge in [0.1, 0.15) is 5.52 Å². The largest absolute Gasteiger partial charge is 0.366 e. The molecule has 2 amide bonds. The fourth-order valence-electron chi connectivity index (χ4n) is 4.11. The van der Waals surface area contributed by atoms with Crippen LogP contribution in [-0.4, -0.2) is 67.9 Å². The minimum atomic E-state index is -0.476. The highest BCUT2D eigenvalue weighted by Gasteiger charge is 2.26. The zero-order valence-corrected chi connectivity index (χ0v) is 18.2. The number of nitrogens with zero attached hydrogens (tertiary/aromatic N) is 7. The van der Waals surface area contributed by atoms with Gasteiger partial charge in [0.05, 0.1) is 5.52 Å². The maximum absolute atomic E-state index is 12.7. The molecule has 10 heteroatoms. The number of carbonyl (C=O) groups excluding carboxylic acids is 2. The molecule has 1 saturated heterocycles. The molecule has 10 nitrogen and oxygen atoms in total. The molecule has 4 rings (SSSR count). The van der Waals surface area contributed by atoms with Crippen LogP contribution in [0.1, 0.15) is 42.5 Å². The van der Waals surface area contributed by atoms with E-state index in [4.69, 9.17) is 5.73 Å². The molecule has 1 aromatic carbocycles. The topological polar surface area (TPSA) is 123 Å². The molecule has 3 heterocycles. The number of rotatable bonds is 8. The molecule has 0 spiro atoms. The second-order valence-corrected chi connectivity index (χ2v) is 8.11. The van der Waals surface area contributed by atoms with E-state index in [-0.39, 0.29) is 11.9 Å². The summed E-state index contributed by atoms with van der Waals surface area (Å²) in [6, 6.07) is 7.16. The number of fused-ring (bicyclic) bond motifs is 1. The van der Waals surface area contributed by atoms with E-state index in [1.165, 1.54) is 0 Å². The lowest BCUT2D eigenvalue weighted by atomic mass is 10.0. The third-order valence-corrected chi connectivity index (χ3v) is 6.05. The van der Waals surface area contributed by atoms with Crippen LogP contribution >= 0.6 is 0 Å². The lowest BCUT2D eigenvalue weighted by Gasteiger charge is -2.36. The first-order valence-corrected chi connectivity index (χ1v) is 10.9. The summed E-state index contributed by atoms with van der Waals surface area (Å²) in [4.78, 5) is 36.8. The SMILES string of the molecule is CN(C(=O)CCCCn1nnc2ccc(C(N)=O)cc21)C1CCN(c2ncccn2)CC1. The van der Waals surface area contributed by atoms with Gasteiger partial charge in [-0.25, -0.2) is 14.6 Å². The normalized spacial score (nSPS) is 14.6. The van der Waals surface area contributed by atoms with Crippen LogP contribution in [0.15, 0.2) is 36.7 Å². The number of piperidine rings is 1. The van der Waals surface area contributed by atoms with Gasteiger partial charge in [-0.3, -0.25) is 9.59 Å². The minimum absolute atomic E-state index is 0.166. The van der Waals surface area contributed by atoms with Crippen LogP contribution in [0.3, 0.4) is 0 Å². The third kappa shape index (κ3) is 4.84. The first kappa shape index (κ1) is 21.7. The van der Waals surface area contributed by atoms with Crippen molar-refractivity contribution < 1.29 is 9.59 Å². The summed E-state index contributed by atoms with van der Waals surface area (Å²) in [6.45, 7) is 2.32. The first-order chi connectivity index (χ1) is 15.5. The number of nitrogens with two attached hydrogens (primary N) is 1. The Morgan fingerprint density at radius 3 is 2.62 bits per heavy atom. The van der Waals surface area contributed by atoms with Gasteiger partial charge in [0.2, 0.25) is 17.8 Å². The zero-order valence-electron chi connectivity index (χ0n) is 18.2. The van der Waals surface area contributed by atoms with E-state index in [2.05, 4.69) is 25.2 Å². The number of aromatic nitrogens is 5. The number of primary amides is 1. The van der Waals surface area contributed by atoms with Crippen LogP contribution in [0.25, 0.3) is 11.0 Å². The number of anilines is 1. The van der Waals surface area contributed by atoms with Crippen molar-refractivity contribution in [2.24, 2.45) is 5.73 Å². The van der Waals surface area contributed by atoms with Gasteiger partial charge in [-0.05, 0) is 49.9 Å². The Morgan fingerprint density at radius 2 is 1.91 bits per heavy atom. The molecule has 3 aromatic rings. The minimum Gasteiger partial charge on any atom is -0.366 e. The number of unbranched alkanes of at least 4 members (excludes halogenated alkanes) is 1. The Morgan fingerprint density at radius 1 is 1.16 bits per heavy atom. The zero-order chi connectivity index (χ0) is 22.5. The Labute approximate surface area is 186 Å². The van der Waals surface area contributed by atoms with E-state index < -0.39 is 5.91 Å². The van der Waals surface area contributed by atoms with Gasteiger partial charge < -0.3 is 15.5 Å². The Hall–Kier alpha value is -3.56. The van der Waals surface area contributed by atoms with Gasteiger partial charge in [-0.2, -0.15) is 0 Å². The van der Waals surface area contributed by atoms with Gasteiger partial charge in [-0.15, -0.1) is 5.10 Å². The number of aryl methyl sites for hydroxylation is 1. The van der Waals surface area contributed by atoms with Gasteiger partial charge in [0.15, 0.2) is 0 Å². The van der Waals surface area contributed by atoms with E-state index in [1.807, 2.05) is 18.0 Å². The standard InChI is InChI=1S/C22H28N8O2/c1-28(17-8-13-29(14-9-17)22-24-10-4-11-25-22)20(31)5-2-3-12-30-19-15-16(21(23)32)6-7-18(19)26-27-30/h4,6-7,10-11,15,17H,2-3,5,8-9,12-14H2,1H3,(H2,23,32). The van der Waals surface area contributed by atoms with Crippen molar-refractivity contribution in [2.75, 3.05) is 25.0 Å². The van der Waals surface area contributed by atoms with E-state index >= 15 is 0 Å². The molecule has 0 aliphatic carbocycles. The van der Waals surface area contributed by atoms with E-state index in [1.54, 1.807) is 35.3 Å². The lowest BCUT2D eigenvalue weighted by molar-refractivity contribution is -0.132. The van der Waals surface area contributed by atoms with Crippen LogP contribution in [-0.2, 0) is 11.3 Å². The number of benzene rings is 1. The molecule has 2 aromatic heterocycles. The summed E-state index contributed by atoms with van der Waals surface area (Å²) in [7, 11) is 1.90. The first-order valence-electron chi connectivity index (χ1n) is 10.9. The van der Waals surface area contributed by atoms with Crippen molar-refractivity contribution in [1.82, 2.24) is 29.9 Å². The predicted octanol–water partition coefficient (Wildman–Crippen LogP) is 1.62. The molecule has 0 radical (unpaired) electrons. The number of amides is 2. The fraction of sp³-hybridized carbons (Fsp3) is 0.455. The van der Waals surface area contributed by atoms with Crippen LogP contribution in [0.2, 0.25) is 0 Å². The monoisotopic (exact) mass is 436 g/mol. The van der Waals surface area contributed by atoms with Crippen LogP contribution in [0, 0.1) is 0 Å². The van der Waals surface area contributed by atoms with E-state index in [0.717, 1.165) is 55.8 Å². The Bertz CT molecular complexity index is 1080. The number of carbonyl (C=O) groups is 2. The Balaban J connectivity index is 1.23. The molecule has 1 fully saturated rings. The molecule has 0 atom stereocenters. The molecule has 168 valence electrons. The van der Waals surface area contributed by atoms with Gasteiger partial charge >= 0.3 is 0 Å². The maximum atomic E-state index is 12.7. The molecule has 1 aliphatic rings. The van der Waals surface area contributed by atoms with Crippen molar-refractivity contribution in [3.63, 3.8) is 0 Å². The quantitative estimate of drug-likeness (QED) is 0.532. The fourth-order valence-corrected chi connectivity index (χ4v) is 4.11. The molecule has 0 bridgehead atoms. The van der Waals surface area contributed by atoms with E-state index in [0.29, 0.717) is 18.5 Å². The number of hydrogen-bond donors (Lipinski definition) is 1. The van der Waals surface area contributed by atoms with Crippen molar-refractivity contribution in [3.8, 4) is 0 Å². The van der Waals surface area contributed by atoms with Crippen molar-refractivity contribution in [1.29, 1.82) is 0 Å². The Kier molecular flexibility index (Phi) is 6.58. The second kappa shape index (κ2) is 9.71. The molecule has 2 N–H and O–H groups in total. The lowest BCUT2D eigenvalue weighted by Crippen LogP contribution is -2.46. The maximum Gasteiger partial charge on any atom is 0.248 e. The molecule has 32 heavy (non-hydrogen) atoms. The highest BCUT2D eigenvalue weighted by atomic mass is 16.2. The predicted molar refractivity (Wildman–Crippen MR) is 120 cm³/mol. The number of hydrogen-bond acceptors (Lipinski definition) is 7. The molecule has 0 saturated carbocycles. The average Bonchev–Trinajstić information content (AvgIpc) is 3.24. The summed E-state index contributed by atoms with van der Waals surface area (Å²) in [5, 5.41) is 8.28. The van der Waals surface area contributed by atoms with Crippen molar-refractivity contribution in [2.45, 2.75) is 44.7 Å². The van der Waals surface area contributed by atoms with Crippen LogP contribution < -0.4 is 10.6 Å². The average molecular weight is 437 g/mol. The van der Waals surface area contributed by atoms with Crippen molar-refractivity contribution in [3.05, 3.63) is 42.2 Å². The summed E-state index contributed by atoms with van der Waals surface area (Å²) < 4.78 is 1.76. The van der Waals surface area contributed by atoms with Gasteiger partial charge in [0, 0.05) is 57.1 Å². The summed E-state index contributed by atoms with van der Waals surface area (Å²) in [5.41, 5.74) is 7.30. The molecule has 1 aliphatic heterocycles. The van der Waals surface area contributed by atoms with Crippen LogP contribution in [0.5, 0.6) is 0 Å². The van der Waals surface area contributed by atoms with Crippen LogP contribution in [0.4, 0.5) is 5.95 Å². The summed E-state index contributed by atoms with van der Waals surface area (Å²) in [5.74, 6) is 0.442. The molecular weight excluding hydrogens is 408 g/mol. The van der Waals surface area contributed by atoms with Gasteiger partial charge in [-0.1, -0.05) is 5.21 Å². The molecule has 0 unspecified atom stereocenters. The highest BCUT2D eigenvalue weighted by Crippen LogP contribution is 2.20. The second-order valence-electron chi connectivity index (χ2n) is 8.11. The summed E-state index contributed by atoms with van der Waals surface area (Å²) in [6.07, 6.45) is 7.38. The summed E-state index contributed by atoms with van der Waals surface area (Å²) >= 11 is 0. The highest BCUT2D eigenvalue weighted by molar-refractivity contribution is 5.96. The van der Waals surface area contributed by atoms with Crippen molar-refractivity contribution >= 4 is 28.8 Å².